The van der Waals surface area contributed by atoms with Crippen molar-refractivity contribution in [1.82, 2.24) is 10.6 Å². The lowest BCUT2D eigenvalue weighted by Gasteiger charge is -2.36. The van der Waals surface area contributed by atoms with E-state index in [1.54, 1.807) is 24.3 Å². The summed E-state index contributed by atoms with van der Waals surface area (Å²) in [6, 6.07) is 14.1. The Morgan fingerprint density at radius 1 is 0.980 bits per heavy atom. The van der Waals surface area contributed by atoms with Crippen LogP contribution in [-0.4, -0.2) is 61.8 Å². The summed E-state index contributed by atoms with van der Waals surface area (Å²) < 4.78 is 23.5. The summed E-state index contributed by atoms with van der Waals surface area (Å²) in [6.07, 6.45) is 5.02. The Balaban J connectivity index is 1.44. The van der Waals surface area contributed by atoms with Crippen LogP contribution in [0.1, 0.15) is 82.9 Å². The molecule has 3 aliphatic rings. The summed E-state index contributed by atoms with van der Waals surface area (Å²) in [7, 11) is 1.52. The van der Waals surface area contributed by atoms with Crippen LogP contribution in [0, 0.1) is 17.3 Å². The Hall–Kier alpha value is -3.89. The highest BCUT2D eigenvalue weighted by atomic mass is 35.5. The molecule has 2 heterocycles. The predicted octanol–water partition coefficient (Wildman–Crippen LogP) is 6.05. The minimum Gasteiger partial charge on any atom is -0.495 e. The van der Waals surface area contributed by atoms with Gasteiger partial charge >= 0.3 is 11.9 Å². The number of rotatable bonds is 8. The Morgan fingerprint density at radius 3 is 2.40 bits per heavy atom. The molecule has 2 N–H and O–H groups in total. The van der Waals surface area contributed by atoms with Crippen molar-refractivity contribution in [3.8, 4) is 5.75 Å². The van der Waals surface area contributed by atoms with E-state index in [0.29, 0.717) is 23.6 Å². The van der Waals surface area contributed by atoms with Crippen molar-refractivity contribution < 1.29 is 38.1 Å². The molecule has 0 bridgehead atoms. The number of hydrogen-bond acceptors (Lipinski definition) is 8. The van der Waals surface area contributed by atoms with E-state index in [9.17, 15) is 19.2 Å². The van der Waals surface area contributed by atoms with Gasteiger partial charge in [-0.15, -0.1) is 0 Å². The van der Waals surface area contributed by atoms with Crippen molar-refractivity contribution in [2.24, 2.45) is 17.3 Å². The zero-order valence-electron chi connectivity index (χ0n) is 29.3. The average Bonchev–Trinajstić information content (AvgIpc) is 3.91. The summed E-state index contributed by atoms with van der Waals surface area (Å²) in [5, 5.41) is 6.16. The summed E-state index contributed by atoms with van der Waals surface area (Å²) in [5.74, 6) is -1.78. The van der Waals surface area contributed by atoms with Gasteiger partial charge in [0.25, 0.3) is 0 Å². The molecule has 270 valence electrons. The number of nitrogens with one attached hydrogen (secondary N) is 2. The van der Waals surface area contributed by atoms with Gasteiger partial charge in [-0.25, -0.2) is 4.79 Å². The number of carbonyl (C=O) groups is 4. The number of halogens is 1. The van der Waals surface area contributed by atoms with E-state index in [4.69, 9.17) is 30.5 Å². The summed E-state index contributed by atoms with van der Waals surface area (Å²) in [4.78, 5) is 55.0. The van der Waals surface area contributed by atoms with Gasteiger partial charge in [-0.1, -0.05) is 94.1 Å². The number of carbonyl (C=O) groups excluding carboxylic acids is 4. The van der Waals surface area contributed by atoms with Gasteiger partial charge in [-0.05, 0) is 54.5 Å². The van der Waals surface area contributed by atoms with Crippen molar-refractivity contribution in [1.29, 1.82) is 0 Å². The Kier molecular flexibility index (Phi) is 12.6. The fraction of sp³-hybridized carbons (Fsp3) is 0.538. The number of ether oxygens (including phenoxy) is 4. The Bertz CT molecular complexity index is 1540. The quantitative estimate of drug-likeness (QED) is 0.250. The van der Waals surface area contributed by atoms with Gasteiger partial charge in [-0.2, -0.15) is 0 Å². The first-order valence-corrected chi connectivity index (χ1v) is 18.1. The Labute approximate surface area is 299 Å². The maximum Gasteiger partial charge on any atom is 0.347 e. The first-order valence-electron chi connectivity index (χ1n) is 17.7. The lowest BCUT2D eigenvalue weighted by Crippen LogP contribution is -2.53. The van der Waals surface area contributed by atoms with E-state index in [-0.39, 0.29) is 49.9 Å². The number of cyclic esters (lactones) is 2. The maximum atomic E-state index is 14.1. The van der Waals surface area contributed by atoms with Crippen molar-refractivity contribution in [2.75, 3.05) is 13.7 Å². The van der Waals surface area contributed by atoms with E-state index in [2.05, 4.69) is 10.6 Å². The molecule has 0 aromatic heterocycles. The average molecular weight is 709 g/mol. The molecule has 2 fully saturated rings. The lowest BCUT2D eigenvalue weighted by atomic mass is 9.74. The van der Waals surface area contributed by atoms with Crippen molar-refractivity contribution in [3.63, 3.8) is 0 Å². The van der Waals surface area contributed by atoms with Gasteiger partial charge in [0, 0.05) is 25.3 Å². The number of hydrogen-bond donors (Lipinski definition) is 2. The number of amides is 2. The van der Waals surface area contributed by atoms with Gasteiger partial charge < -0.3 is 29.6 Å². The molecule has 10 nitrogen and oxygen atoms in total. The third-order valence-electron chi connectivity index (χ3n) is 9.99. The third-order valence-corrected chi connectivity index (χ3v) is 10.3. The predicted molar refractivity (Wildman–Crippen MR) is 188 cm³/mol. The monoisotopic (exact) mass is 708 g/mol. The summed E-state index contributed by atoms with van der Waals surface area (Å²) in [6.45, 7) is 5.88. The molecule has 2 aromatic rings. The third kappa shape index (κ3) is 9.46. The summed E-state index contributed by atoms with van der Waals surface area (Å²) in [5.41, 5.74) is 0.734. The molecule has 2 amide bonds. The highest BCUT2D eigenvalue weighted by Crippen LogP contribution is 2.45. The van der Waals surface area contributed by atoms with Crippen LogP contribution in [0.4, 0.5) is 0 Å². The van der Waals surface area contributed by atoms with Gasteiger partial charge in [0.1, 0.15) is 24.0 Å². The smallest absolute Gasteiger partial charge is 0.347 e. The molecule has 0 unspecified atom stereocenters. The van der Waals surface area contributed by atoms with E-state index >= 15 is 0 Å². The van der Waals surface area contributed by atoms with Crippen LogP contribution in [0.2, 0.25) is 5.02 Å². The topological polar surface area (TPSA) is 133 Å². The van der Waals surface area contributed by atoms with Crippen LogP contribution < -0.4 is 15.4 Å². The summed E-state index contributed by atoms with van der Waals surface area (Å²) >= 11 is 6.38. The van der Waals surface area contributed by atoms with E-state index < -0.39 is 47.4 Å². The molecule has 1 aliphatic carbocycles. The van der Waals surface area contributed by atoms with Crippen molar-refractivity contribution in [2.45, 2.75) is 103 Å². The largest absolute Gasteiger partial charge is 0.495 e. The van der Waals surface area contributed by atoms with Crippen LogP contribution in [-0.2, 0) is 39.8 Å². The minimum atomic E-state index is -1.12. The maximum absolute atomic E-state index is 14.1. The minimum absolute atomic E-state index is 0.0131. The molecule has 5 rings (SSSR count). The van der Waals surface area contributed by atoms with Crippen molar-refractivity contribution >= 4 is 35.4 Å². The standard InChI is InChI=1S/C39H49ClN2O8/c1-24(2)20-32-37(45)48-30(25(3)34-35(50-34)27-12-7-5-8-13-27)14-11-15-33(43)42-29(22-26-16-17-31(47-4)28(40)21-26)36(44)41-23-39(38(46)49-32)18-9-6-10-19-39/h5,7-8,11-13,15-17,21,24-25,29-30,32,34-35H,6,9-10,14,18-20,22-23H2,1-4H3,(H,41,44)(H,42,43)/b15-11+/t25-,29+,30-,32-,34+,35+/m0/s1. The van der Waals surface area contributed by atoms with Gasteiger partial charge in [0.05, 0.1) is 23.7 Å². The van der Waals surface area contributed by atoms with Crippen LogP contribution in [0.5, 0.6) is 5.75 Å². The number of methoxy groups -OCH3 is 1. The van der Waals surface area contributed by atoms with E-state index in [1.807, 2.05) is 51.1 Å². The molecule has 2 aromatic carbocycles. The first kappa shape index (κ1) is 37.4. The zero-order valence-corrected chi connectivity index (χ0v) is 30.1. The molecular weight excluding hydrogens is 660 g/mol. The first-order chi connectivity index (χ1) is 24.0. The van der Waals surface area contributed by atoms with Crippen LogP contribution in [0.25, 0.3) is 0 Å². The van der Waals surface area contributed by atoms with Gasteiger partial charge in [0.2, 0.25) is 11.8 Å². The molecule has 11 heteroatoms. The van der Waals surface area contributed by atoms with E-state index in [0.717, 1.165) is 30.4 Å². The highest BCUT2D eigenvalue weighted by molar-refractivity contribution is 6.32. The van der Waals surface area contributed by atoms with Crippen LogP contribution in [0.3, 0.4) is 0 Å². The zero-order chi connectivity index (χ0) is 35.8. The molecule has 2 aliphatic heterocycles. The number of epoxide rings is 1. The second-order valence-corrected chi connectivity index (χ2v) is 14.6. The highest BCUT2D eigenvalue weighted by Gasteiger charge is 2.48. The molecule has 1 saturated carbocycles. The molecular formula is C39H49ClN2O8. The van der Waals surface area contributed by atoms with Gasteiger partial charge in [0.15, 0.2) is 6.10 Å². The van der Waals surface area contributed by atoms with E-state index in [1.165, 1.54) is 13.2 Å². The molecule has 0 radical (unpaired) electrons. The van der Waals surface area contributed by atoms with Crippen molar-refractivity contribution in [3.05, 3.63) is 76.8 Å². The lowest BCUT2D eigenvalue weighted by molar-refractivity contribution is -0.181. The SMILES string of the molecule is COc1ccc(C[C@H]2NC(=O)/C=C/C[C@@H]([C@H](C)[C@H]3O[C@@H]3c3ccccc3)OC(=O)[C@H](CC(C)C)OC(=O)C3(CCCCC3)CNC2=O)cc1Cl. The second-order valence-electron chi connectivity index (χ2n) is 14.2. The fourth-order valence-electron chi connectivity index (χ4n) is 6.99. The second kappa shape index (κ2) is 16.9. The molecule has 1 spiro atoms. The molecule has 6 atom stereocenters. The van der Waals surface area contributed by atoms with Gasteiger partial charge in [-0.3, -0.25) is 14.4 Å². The van der Waals surface area contributed by atoms with Crippen LogP contribution >= 0.6 is 11.6 Å². The Morgan fingerprint density at radius 2 is 1.72 bits per heavy atom. The molecule has 50 heavy (non-hydrogen) atoms. The fourth-order valence-corrected chi connectivity index (χ4v) is 7.27. The number of benzene rings is 2. The molecule has 1 saturated heterocycles. The van der Waals surface area contributed by atoms with Crippen LogP contribution in [0.15, 0.2) is 60.7 Å². The normalized spacial score (nSPS) is 27.4. The number of esters is 2.